The lowest BCUT2D eigenvalue weighted by Crippen LogP contribution is -2.05. The summed E-state index contributed by atoms with van der Waals surface area (Å²) in [5.74, 6) is -0.315. The molecule has 0 bridgehead atoms. The van der Waals surface area contributed by atoms with Gasteiger partial charge in [-0.1, -0.05) is 11.1 Å². The Hall–Kier alpha value is -0.693. The molecule has 0 N–H and O–H groups in total. The molecule has 0 unspecified atom stereocenters. The largest absolute Gasteiger partial charge is 0.463 e. The number of carbonyl (C=O) groups is 1. The third-order valence-electron chi connectivity index (χ3n) is 1.13. The van der Waals surface area contributed by atoms with Gasteiger partial charge < -0.3 is 4.74 Å². The molecule has 2 radical (unpaired) electrons. The molecular weight excluding hydrogens is 204 g/mol. The molecule has 0 saturated carbocycles. The lowest BCUT2D eigenvalue weighted by molar-refractivity contribution is -0.456. The van der Waals surface area contributed by atoms with Crippen molar-refractivity contribution in [1.29, 1.82) is 0 Å². The molecule has 5 nitrogen and oxygen atoms in total. The Kier molecular flexibility index (Phi) is 9.87. The van der Waals surface area contributed by atoms with Crippen molar-refractivity contribution < 1.29 is 24.0 Å². The Morgan fingerprint density at radius 2 is 2.29 bits per heavy atom. The van der Waals surface area contributed by atoms with E-state index in [1.807, 2.05) is 0 Å². The molecule has 0 aliphatic carbocycles. The van der Waals surface area contributed by atoms with Crippen molar-refractivity contribution in [2.45, 2.75) is 19.4 Å². The zero-order chi connectivity index (χ0) is 10.6. The minimum atomic E-state index is -0.315. The van der Waals surface area contributed by atoms with Gasteiger partial charge in [0.25, 0.3) is 9.76 Å². The fraction of sp³-hybridized carbons (Fsp3) is 0.625. The number of allylic oxidation sites excluding steroid dienone is 1. The van der Waals surface area contributed by atoms with Gasteiger partial charge in [-0.15, -0.1) is 0 Å². The minimum Gasteiger partial charge on any atom is -0.463 e. The van der Waals surface area contributed by atoms with Crippen molar-refractivity contribution in [3.8, 4) is 0 Å². The second-order valence-corrected chi connectivity index (χ2v) is 3.19. The first-order chi connectivity index (χ1) is 6.81. The highest BCUT2D eigenvalue weighted by atomic mass is 28.2. The van der Waals surface area contributed by atoms with E-state index >= 15 is 0 Å². The topological polar surface area (TPSA) is 54.0 Å². The highest BCUT2D eigenvalue weighted by Gasteiger charge is 1.97. The number of esters is 1. The molecule has 0 aliphatic rings. The molecule has 0 aromatic rings. The van der Waals surface area contributed by atoms with Gasteiger partial charge in [-0.2, -0.15) is 0 Å². The van der Waals surface area contributed by atoms with Crippen LogP contribution in [0.4, 0.5) is 0 Å². The van der Waals surface area contributed by atoms with Crippen molar-refractivity contribution in [1.82, 2.24) is 0 Å². The normalized spacial score (nSPS) is 10.7. The monoisotopic (exact) mass is 218 g/mol. The first kappa shape index (κ1) is 13.3. The Morgan fingerprint density at radius 1 is 1.50 bits per heavy atom. The van der Waals surface area contributed by atoms with Gasteiger partial charge in [0.2, 0.25) is 0 Å². The fourth-order valence-corrected chi connectivity index (χ4v) is 1.09. The number of carbonyl (C=O) groups excluding carboxylic acids is 1. The van der Waals surface area contributed by atoms with E-state index in [9.17, 15) is 4.79 Å². The number of ether oxygens (including phenoxy) is 1. The average Bonchev–Trinajstić information content (AvgIpc) is 2.17. The lowest BCUT2D eigenvalue weighted by Gasteiger charge is -2.00. The highest BCUT2D eigenvalue weighted by Crippen LogP contribution is 1.92. The zero-order valence-electron chi connectivity index (χ0n) is 8.32. The van der Waals surface area contributed by atoms with Crippen molar-refractivity contribution in [2.75, 3.05) is 13.7 Å². The van der Waals surface area contributed by atoms with E-state index < -0.39 is 0 Å². The van der Waals surface area contributed by atoms with Crippen LogP contribution >= 0.6 is 0 Å². The van der Waals surface area contributed by atoms with Gasteiger partial charge in [0.1, 0.15) is 0 Å². The van der Waals surface area contributed by atoms with Crippen molar-refractivity contribution in [3.63, 3.8) is 0 Å². The predicted octanol–water partition coefficient (Wildman–Crippen LogP) is 1.04. The first-order valence-corrected chi connectivity index (χ1v) is 5.31. The summed E-state index contributed by atoms with van der Waals surface area (Å²) in [6, 6.07) is 0.770. The van der Waals surface area contributed by atoms with Crippen molar-refractivity contribution in [3.05, 3.63) is 12.2 Å². The molecular formula is C8H14O5Si. The molecule has 0 amide bonds. The molecule has 0 aliphatic heterocycles. The van der Waals surface area contributed by atoms with Crippen LogP contribution in [0.25, 0.3) is 0 Å². The van der Waals surface area contributed by atoms with Crippen LogP contribution in [0, 0.1) is 0 Å². The molecule has 14 heavy (non-hydrogen) atoms. The van der Waals surface area contributed by atoms with E-state index in [4.69, 9.17) is 4.74 Å². The van der Waals surface area contributed by atoms with E-state index in [1.54, 1.807) is 13.0 Å². The van der Waals surface area contributed by atoms with Crippen molar-refractivity contribution in [2.24, 2.45) is 0 Å². The second-order valence-electron chi connectivity index (χ2n) is 2.23. The molecule has 0 aromatic carbocycles. The summed E-state index contributed by atoms with van der Waals surface area (Å²) in [7, 11) is 1.55. The fourth-order valence-electron chi connectivity index (χ4n) is 0.601. The van der Waals surface area contributed by atoms with Gasteiger partial charge in [-0.25, -0.2) is 9.68 Å². The maximum Gasteiger partial charge on any atom is 0.330 e. The first-order valence-electron chi connectivity index (χ1n) is 4.20. The molecule has 0 rings (SSSR count). The summed E-state index contributed by atoms with van der Waals surface area (Å²) >= 11 is 0. The number of hydrogen-bond acceptors (Lipinski definition) is 5. The summed E-state index contributed by atoms with van der Waals surface area (Å²) in [5.41, 5.74) is 0. The van der Waals surface area contributed by atoms with Crippen LogP contribution in [-0.4, -0.2) is 29.4 Å². The van der Waals surface area contributed by atoms with E-state index in [0.29, 0.717) is 6.61 Å². The molecule has 0 heterocycles. The van der Waals surface area contributed by atoms with E-state index in [2.05, 4.69) is 14.5 Å². The van der Waals surface area contributed by atoms with Crippen molar-refractivity contribution >= 4 is 15.7 Å². The van der Waals surface area contributed by atoms with Crippen LogP contribution in [-0.2, 0) is 24.0 Å². The van der Waals surface area contributed by atoms with Crippen LogP contribution in [0.3, 0.4) is 0 Å². The lowest BCUT2D eigenvalue weighted by atomic mass is 10.5. The molecule has 0 atom stereocenters. The Balaban J connectivity index is 3.09. The smallest absolute Gasteiger partial charge is 0.330 e. The van der Waals surface area contributed by atoms with Gasteiger partial charge in [-0.3, -0.25) is 4.58 Å². The molecule has 0 fully saturated rings. The van der Waals surface area contributed by atoms with E-state index in [0.717, 1.165) is 12.5 Å². The Labute approximate surface area is 85.8 Å². The number of hydrogen-bond donors (Lipinski definition) is 0. The molecule has 6 heteroatoms. The standard InChI is InChI=1S/C8H14O5Si/c1-3-5-8(9)11-6-4-7-14-13-12-10-2/h3,5H,4,6-7H2,1-2H3. The van der Waals surface area contributed by atoms with Gasteiger partial charge in [-0.05, 0) is 19.4 Å². The Bertz CT molecular complexity index is 171. The summed E-state index contributed by atoms with van der Waals surface area (Å²) in [6.07, 6.45) is 3.77. The molecule has 0 aromatic heterocycles. The van der Waals surface area contributed by atoms with Gasteiger partial charge in [0.05, 0.1) is 13.7 Å². The third kappa shape index (κ3) is 9.40. The van der Waals surface area contributed by atoms with E-state index in [1.165, 1.54) is 13.2 Å². The number of rotatable bonds is 8. The summed E-state index contributed by atoms with van der Waals surface area (Å²) in [4.78, 5) is 15.0. The third-order valence-corrected chi connectivity index (χ3v) is 1.87. The molecule has 0 spiro atoms. The maximum absolute atomic E-state index is 10.8. The SMILES string of the molecule is CC=CC(=O)OCCC[Si]OOOC. The zero-order valence-corrected chi connectivity index (χ0v) is 9.32. The predicted molar refractivity (Wildman–Crippen MR) is 50.1 cm³/mol. The average molecular weight is 218 g/mol. The maximum atomic E-state index is 10.8. The van der Waals surface area contributed by atoms with Gasteiger partial charge >= 0.3 is 5.97 Å². The quantitative estimate of drug-likeness (QED) is 0.152. The summed E-state index contributed by atoms with van der Waals surface area (Å²) in [5, 5.41) is 4.19. The Morgan fingerprint density at radius 3 is 2.93 bits per heavy atom. The van der Waals surface area contributed by atoms with Crippen LogP contribution in [0.2, 0.25) is 6.04 Å². The van der Waals surface area contributed by atoms with Crippen LogP contribution < -0.4 is 0 Å². The molecule has 0 saturated heterocycles. The van der Waals surface area contributed by atoms with Gasteiger partial charge in [0.15, 0.2) is 0 Å². The van der Waals surface area contributed by atoms with E-state index in [-0.39, 0.29) is 15.7 Å². The second kappa shape index (κ2) is 10.4. The minimum absolute atomic E-state index is 0.187. The summed E-state index contributed by atoms with van der Waals surface area (Å²) in [6.45, 7) is 2.16. The van der Waals surface area contributed by atoms with Crippen LogP contribution in [0.15, 0.2) is 12.2 Å². The highest BCUT2D eigenvalue weighted by molar-refractivity contribution is 6.26. The van der Waals surface area contributed by atoms with Crippen LogP contribution in [0.5, 0.6) is 0 Å². The van der Waals surface area contributed by atoms with Crippen LogP contribution in [0.1, 0.15) is 13.3 Å². The van der Waals surface area contributed by atoms with Gasteiger partial charge in [0, 0.05) is 6.08 Å². The molecule has 80 valence electrons. The summed E-state index contributed by atoms with van der Waals surface area (Å²) < 4.78 is 9.43.